The van der Waals surface area contributed by atoms with Gasteiger partial charge >= 0.3 is 5.97 Å². The van der Waals surface area contributed by atoms with Crippen molar-refractivity contribution in [2.75, 3.05) is 0 Å². The van der Waals surface area contributed by atoms with Crippen LogP contribution in [0.15, 0.2) is 34.3 Å². The zero-order valence-electron chi connectivity index (χ0n) is 12.9. The normalized spacial score (nSPS) is 20.7. The quantitative estimate of drug-likeness (QED) is 0.817. The molecule has 1 aliphatic carbocycles. The molecule has 0 aromatic heterocycles. The summed E-state index contributed by atoms with van der Waals surface area (Å²) in [6, 6.07) is 5.04. The Kier molecular flexibility index (Phi) is 4.85. The van der Waals surface area contributed by atoms with Gasteiger partial charge < -0.3 is 10.0 Å². The van der Waals surface area contributed by atoms with E-state index < -0.39 is 12.0 Å². The van der Waals surface area contributed by atoms with Crippen molar-refractivity contribution >= 4 is 27.8 Å². The van der Waals surface area contributed by atoms with Gasteiger partial charge in [-0.05, 0) is 42.9 Å². The number of rotatable bonds is 3. The van der Waals surface area contributed by atoms with Crippen LogP contribution in [0.3, 0.4) is 0 Å². The minimum absolute atomic E-state index is 0.0730. The Morgan fingerprint density at radius 1 is 1.30 bits per heavy atom. The first-order valence-corrected chi connectivity index (χ1v) is 8.82. The average Bonchev–Trinajstić information content (AvgIpc) is 2.55. The maximum Gasteiger partial charge on any atom is 0.326 e. The lowest BCUT2D eigenvalue weighted by Gasteiger charge is -2.35. The number of hydrogen-bond donors (Lipinski definition) is 1. The molecule has 1 aromatic rings. The molecule has 2 aliphatic rings. The lowest BCUT2D eigenvalue weighted by molar-refractivity contribution is -0.151. The SMILES string of the molecule is O=C(O)C1Cc2c(Br)cccc2CN1C(=O)CC1=CCCCC1. The van der Waals surface area contributed by atoms with Crippen molar-refractivity contribution < 1.29 is 14.7 Å². The maximum atomic E-state index is 12.7. The molecule has 0 spiro atoms. The predicted octanol–water partition coefficient (Wildman–Crippen LogP) is 3.68. The molecule has 5 heteroatoms. The van der Waals surface area contributed by atoms with Gasteiger partial charge in [-0.3, -0.25) is 4.79 Å². The van der Waals surface area contributed by atoms with Crippen molar-refractivity contribution in [3.05, 3.63) is 45.4 Å². The Morgan fingerprint density at radius 3 is 2.83 bits per heavy atom. The molecule has 23 heavy (non-hydrogen) atoms. The Morgan fingerprint density at radius 2 is 2.13 bits per heavy atom. The summed E-state index contributed by atoms with van der Waals surface area (Å²) in [7, 11) is 0. The van der Waals surface area contributed by atoms with E-state index in [2.05, 4.69) is 22.0 Å². The average molecular weight is 378 g/mol. The van der Waals surface area contributed by atoms with E-state index in [1.807, 2.05) is 18.2 Å². The first kappa shape index (κ1) is 16.2. The number of carboxylic acid groups (broad SMARTS) is 1. The van der Waals surface area contributed by atoms with Crippen LogP contribution in [0.4, 0.5) is 0 Å². The summed E-state index contributed by atoms with van der Waals surface area (Å²) >= 11 is 3.49. The van der Waals surface area contributed by atoms with E-state index in [4.69, 9.17) is 0 Å². The fourth-order valence-corrected chi connectivity index (χ4v) is 3.99. The number of allylic oxidation sites excluding steroid dienone is 1. The van der Waals surface area contributed by atoms with Gasteiger partial charge in [0.2, 0.25) is 5.91 Å². The Balaban J connectivity index is 1.83. The van der Waals surface area contributed by atoms with Crippen LogP contribution in [0, 0.1) is 0 Å². The predicted molar refractivity (Wildman–Crippen MR) is 91.0 cm³/mol. The van der Waals surface area contributed by atoms with Crippen molar-refractivity contribution in [3.8, 4) is 0 Å². The lowest BCUT2D eigenvalue weighted by Crippen LogP contribution is -2.48. The fraction of sp³-hybridized carbons (Fsp3) is 0.444. The van der Waals surface area contributed by atoms with Crippen LogP contribution in [0.1, 0.15) is 43.2 Å². The van der Waals surface area contributed by atoms with Gasteiger partial charge in [0.15, 0.2) is 0 Å². The highest BCUT2D eigenvalue weighted by molar-refractivity contribution is 9.10. The number of carbonyl (C=O) groups is 2. The largest absolute Gasteiger partial charge is 0.480 e. The van der Waals surface area contributed by atoms with E-state index in [0.717, 1.165) is 40.4 Å². The number of nitrogens with zero attached hydrogens (tertiary/aromatic N) is 1. The van der Waals surface area contributed by atoms with Gasteiger partial charge in [0.1, 0.15) is 6.04 Å². The maximum absolute atomic E-state index is 12.7. The second kappa shape index (κ2) is 6.87. The summed E-state index contributed by atoms with van der Waals surface area (Å²) in [5.74, 6) is -1.01. The Bertz CT molecular complexity index is 668. The van der Waals surface area contributed by atoms with Crippen LogP contribution >= 0.6 is 15.9 Å². The monoisotopic (exact) mass is 377 g/mol. The number of halogens is 1. The van der Waals surface area contributed by atoms with E-state index in [-0.39, 0.29) is 5.91 Å². The topological polar surface area (TPSA) is 57.6 Å². The van der Waals surface area contributed by atoms with Crippen LogP contribution in [0.25, 0.3) is 0 Å². The smallest absolute Gasteiger partial charge is 0.326 e. The van der Waals surface area contributed by atoms with E-state index in [1.54, 1.807) is 0 Å². The minimum atomic E-state index is -0.933. The molecule has 1 N–H and O–H groups in total. The van der Waals surface area contributed by atoms with E-state index in [9.17, 15) is 14.7 Å². The summed E-state index contributed by atoms with van der Waals surface area (Å²) in [5.41, 5.74) is 3.19. The molecule has 1 aliphatic heterocycles. The van der Waals surface area contributed by atoms with Crippen molar-refractivity contribution in [2.24, 2.45) is 0 Å². The van der Waals surface area contributed by atoms with Gasteiger partial charge in [0, 0.05) is 23.9 Å². The van der Waals surface area contributed by atoms with Crippen LogP contribution in [0.2, 0.25) is 0 Å². The van der Waals surface area contributed by atoms with Gasteiger partial charge in [0.05, 0.1) is 0 Å². The van der Waals surface area contributed by atoms with Gasteiger partial charge in [-0.1, -0.05) is 39.7 Å². The Hall–Kier alpha value is -1.62. The molecule has 0 bridgehead atoms. The van der Waals surface area contributed by atoms with Crippen molar-refractivity contribution in [1.29, 1.82) is 0 Å². The number of amides is 1. The van der Waals surface area contributed by atoms with Crippen LogP contribution in [0.5, 0.6) is 0 Å². The molecule has 0 radical (unpaired) electrons. The van der Waals surface area contributed by atoms with Crippen molar-refractivity contribution in [3.63, 3.8) is 0 Å². The minimum Gasteiger partial charge on any atom is -0.480 e. The van der Waals surface area contributed by atoms with Gasteiger partial charge in [-0.15, -0.1) is 0 Å². The van der Waals surface area contributed by atoms with Crippen LogP contribution in [-0.2, 0) is 22.6 Å². The third kappa shape index (κ3) is 3.50. The molecule has 3 rings (SSSR count). The fourth-order valence-electron chi connectivity index (χ4n) is 3.42. The summed E-state index contributed by atoms with van der Waals surface area (Å²) in [6.45, 7) is 0.373. The van der Waals surface area contributed by atoms with Gasteiger partial charge in [0.25, 0.3) is 0 Å². The third-order valence-corrected chi connectivity index (χ3v) is 5.44. The number of aliphatic carboxylic acids is 1. The molecular formula is C18H20BrNO3. The zero-order valence-corrected chi connectivity index (χ0v) is 14.5. The Labute approximate surface area is 144 Å². The number of benzene rings is 1. The van der Waals surface area contributed by atoms with E-state index in [1.165, 1.54) is 11.3 Å². The molecule has 122 valence electrons. The summed E-state index contributed by atoms with van der Waals surface area (Å²) in [5, 5.41) is 9.56. The van der Waals surface area contributed by atoms with Crippen molar-refractivity contribution in [1.82, 2.24) is 4.90 Å². The van der Waals surface area contributed by atoms with Crippen LogP contribution in [-0.4, -0.2) is 27.9 Å². The second-order valence-corrected chi connectivity index (χ2v) is 7.10. The van der Waals surface area contributed by atoms with E-state index >= 15 is 0 Å². The number of carbonyl (C=O) groups excluding carboxylic acids is 1. The highest BCUT2D eigenvalue weighted by atomic mass is 79.9. The van der Waals surface area contributed by atoms with Crippen LogP contribution < -0.4 is 0 Å². The molecule has 1 amide bonds. The number of fused-ring (bicyclic) bond motifs is 1. The standard InChI is InChI=1S/C18H20BrNO3/c19-15-8-4-7-13-11-20(16(18(22)23)10-14(13)15)17(21)9-12-5-2-1-3-6-12/h4-5,7-8,16H,1-3,6,9-11H2,(H,22,23). The summed E-state index contributed by atoms with van der Waals surface area (Å²) < 4.78 is 0.920. The molecule has 1 atom stereocenters. The van der Waals surface area contributed by atoms with E-state index in [0.29, 0.717) is 19.4 Å². The van der Waals surface area contributed by atoms with Gasteiger partial charge in [-0.2, -0.15) is 0 Å². The first-order valence-electron chi connectivity index (χ1n) is 8.02. The highest BCUT2D eigenvalue weighted by Gasteiger charge is 2.35. The molecule has 0 saturated carbocycles. The molecule has 0 saturated heterocycles. The molecule has 0 fully saturated rings. The molecule has 1 unspecified atom stereocenters. The lowest BCUT2D eigenvalue weighted by atomic mass is 9.92. The van der Waals surface area contributed by atoms with Crippen molar-refractivity contribution in [2.45, 2.75) is 51.1 Å². The molecule has 1 heterocycles. The first-order chi connectivity index (χ1) is 11.1. The number of carboxylic acids is 1. The zero-order chi connectivity index (χ0) is 16.4. The third-order valence-electron chi connectivity index (χ3n) is 4.70. The second-order valence-electron chi connectivity index (χ2n) is 6.24. The highest BCUT2D eigenvalue weighted by Crippen LogP contribution is 2.31. The molecular weight excluding hydrogens is 358 g/mol. The summed E-state index contributed by atoms with van der Waals surface area (Å²) in [4.78, 5) is 25.9. The number of hydrogen-bond acceptors (Lipinski definition) is 2. The molecule has 4 nitrogen and oxygen atoms in total. The summed E-state index contributed by atoms with van der Waals surface area (Å²) in [6.07, 6.45) is 7.15. The molecule has 1 aromatic carbocycles. The van der Waals surface area contributed by atoms with Gasteiger partial charge in [-0.25, -0.2) is 4.79 Å².